The van der Waals surface area contributed by atoms with Gasteiger partial charge in [-0.25, -0.2) is 0 Å². The molecule has 5 heteroatoms. The lowest BCUT2D eigenvalue weighted by molar-refractivity contribution is -0.275. The Hall–Kier alpha value is -2.17. The molecule has 0 amide bonds. The van der Waals surface area contributed by atoms with Gasteiger partial charge in [0.05, 0.1) is 0 Å². The first kappa shape index (κ1) is 12.3. The van der Waals surface area contributed by atoms with Gasteiger partial charge in [0.2, 0.25) is 0 Å². The average molecular weight is 254 g/mol. The van der Waals surface area contributed by atoms with Crippen molar-refractivity contribution in [2.45, 2.75) is 6.36 Å². The Morgan fingerprint density at radius 1 is 0.889 bits per heavy atom. The van der Waals surface area contributed by atoms with Gasteiger partial charge in [0.25, 0.3) is 0 Å². The van der Waals surface area contributed by atoms with Gasteiger partial charge in [0.1, 0.15) is 0 Å². The average Bonchev–Trinajstić information content (AvgIpc) is 2.31. The minimum atomic E-state index is -4.81. The summed E-state index contributed by atoms with van der Waals surface area (Å²) in [7, 11) is 0. The van der Waals surface area contributed by atoms with E-state index >= 15 is 0 Å². The van der Waals surface area contributed by atoms with E-state index in [2.05, 4.69) is 4.74 Å². The molecule has 2 aromatic rings. The number of hydrogen-bond donors (Lipinski definition) is 1. The van der Waals surface area contributed by atoms with Crippen molar-refractivity contribution in [2.75, 3.05) is 0 Å². The third kappa shape index (κ3) is 2.94. The van der Waals surface area contributed by atoms with Crippen LogP contribution in [0.25, 0.3) is 11.1 Å². The van der Waals surface area contributed by atoms with Crippen LogP contribution in [-0.4, -0.2) is 11.5 Å². The summed E-state index contributed by atoms with van der Waals surface area (Å²) in [5.74, 6) is -1.16. The molecule has 0 unspecified atom stereocenters. The molecule has 0 saturated heterocycles. The SMILES string of the molecule is Oc1cc(-c2ccccc2)ccc1OC(F)(F)F. The van der Waals surface area contributed by atoms with E-state index in [4.69, 9.17) is 0 Å². The number of halogens is 3. The third-order valence-electron chi connectivity index (χ3n) is 2.29. The minimum absolute atomic E-state index is 0.548. The molecule has 0 heterocycles. The zero-order valence-electron chi connectivity index (χ0n) is 9.11. The number of aromatic hydroxyl groups is 1. The van der Waals surface area contributed by atoms with Crippen molar-refractivity contribution in [1.82, 2.24) is 0 Å². The highest BCUT2D eigenvalue weighted by Crippen LogP contribution is 2.34. The first-order chi connectivity index (χ1) is 8.46. The number of phenolic OH excluding ortho intramolecular Hbond substituents is 1. The minimum Gasteiger partial charge on any atom is -0.504 e. The van der Waals surface area contributed by atoms with E-state index in [1.807, 2.05) is 6.07 Å². The van der Waals surface area contributed by atoms with E-state index in [0.29, 0.717) is 5.56 Å². The van der Waals surface area contributed by atoms with Gasteiger partial charge in [-0.1, -0.05) is 36.4 Å². The molecule has 0 aliphatic heterocycles. The lowest BCUT2D eigenvalue weighted by atomic mass is 10.1. The molecule has 2 aromatic carbocycles. The number of benzene rings is 2. The molecule has 0 atom stereocenters. The fourth-order valence-corrected chi connectivity index (χ4v) is 1.54. The standard InChI is InChI=1S/C13H9F3O2/c14-13(15,16)18-12-7-6-10(8-11(12)17)9-4-2-1-3-5-9/h1-8,17H. The van der Waals surface area contributed by atoms with Crippen LogP contribution in [0.3, 0.4) is 0 Å². The van der Waals surface area contributed by atoms with Gasteiger partial charge in [-0.2, -0.15) is 0 Å². The van der Waals surface area contributed by atoms with E-state index in [-0.39, 0.29) is 0 Å². The summed E-state index contributed by atoms with van der Waals surface area (Å²) >= 11 is 0. The van der Waals surface area contributed by atoms with Gasteiger partial charge < -0.3 is 9.84 Å². The highest BCUT2D eigenvalue weighted by Gasteiger charge is 2.32. The zero-order chi connectivity index (χ0) is 13.2. The number of rotatable bonds is 2. The summed E-state index contributed by atoms with van der Waals surface area (Å²) in [5, 5.41) is 9.49. The molecular formula is C13H9F3O2. The fraction of sp³-hybridized carbons (Fsp3) is 0.0769. The summed E-state index contributed by atoms with van der Waals surface area (Å²) in [6, 6.07) is 12.8. The molecule has 1 N–H and O–H groups in total. The predicted molar refractivity (Wildman–Crippen MR) is 60.2 cm³/mol. The molecule has 0 aromatic heterocycles. The second-order valence-electron chi connectivity index (χ2n) is 3.60. The van der Waals surface area contributed by atoms with Crippen LogP contribution in [0.5, 0.6) is 11.5 Å². The molecule has 2 nitrogen and oxygen atoms in total. The molecule has 0 aliphatic carbocycles. The molecule has 0 spiro atoms. The number of alkyl halides is 3. The van der Waals surface area contributed by atoms with Crippen molar-refractivity contribution >= 4 is 0 Å². The lowest BCUT2D eigenvalue weighted by Crippen LogP contribution is -2.17. The Morgan fingerprint density at radius 3 is 2.11 bits per heavy atom. The van der Waals surface area contributed by atoms with Crippen molar-refractivity contribution in [3.05, 3.63) is 48.5 Å². The summed E-state index contributed by atoms with van der Waals surface area (Å²) in [6.07, 6.45) is -4.81. The number of ether oxygens (including phenoxy) is 1. The molecule has 18 heavy (non-hydrogen) atoms. The Balaban J connectivity index is 2.31. The van der Waals surface area contributed by atoms with E-state index in [1.54, 1.807) is 24.3 Å². The Morgan fingerprint density at radius 2 is 1.56 bits per heavy atom. The molecule has 0 fully saturated rings. The Labute approximate surface area is 101 Å². The van der Waals surface area contributed by atoms with Crippen LogP contribution in [0.1, 0.15) is 0 Å². The molecule has 0 saturated carbocycles. The van der Waals surface area contributed by atoms with Gasteiger partial charge in [-0.15, -0.1) is 13.2 Å². The largest absolute Gasteiger partial charge is 0.573 e. The van der Waals surface area contributed by atoms with E-state index in [1.165, 1.54) is 12.1 Å². The molecule has 0 aliphatic rings. The molecular weight excluding hydrogens is 245 g/mol. The van der Waals surface area contributed by atoms with Crippen molar-refractivity contribution in [3.63, 3.8) is 0 Å². The van der Waals surface area contributed by atoms with Crippen molar-refractivity contribution in [2.24, 2.45) is 0 Å². The van der Waals surface area contributed by atoms with E-state index in [0.717, 1.165) is 11.6 Å². The van der Waals surface area contributed by atoms with Crippen LogP contribution in [0.2, 0.25) is 0 Å². The van der Waals surface area contributed by atoms with Crippen molar-refractivity contribution in [3.8, 4) is 22.6 Å². The molecule has 2 rings (SSSR count). The summed E-state index contributed by atoms with van der Waals surface area (Å²) < 4.78 is 39.7. The summed E-state index contributed by atoms with van der Waals surface area (Å²) in [5.41, 5.74) is 1.41. The highest BCUT2D eigenvalue weighted by molar-refractivity contribution is 5.66. The van der Waals surface area contributed by atoms with Gasteiger partial charge in [0.15, 0.2) is 11.5 Å². The highest BCUT2D eigenvalue weighted by atomic mass is 19.4. The topological polar surface area (TPSA) is 29.5 Å². The van der Waals surface area contributed by atoms with Gasteiger partial charge >= 0.3 is 6.36 Å². The fourth-order valence-electron chi connectivity index (χ4n) is 1.54. The van der Waals surface area contributed by atoms with Crippen LogP contribution in [0.15, 0.2) is 48.5 Å². The maximum Gasteiger partial charge on any atom is 0.573 e. The summed E-state index contributed by atoms with van der Waals surface area (Å²) in [4.78, 5) is 0. The number of hydrogen-bond acceptors (Lipinski definition) is 2. The predicted octanol–water partition coefficient (Wildman–Crippen LogP) is 3.96. The van der Waals surface area contributed by atoms with Crippen LogP contribution < -0.4 is 4.74 Å². The first-order valence-corrected chi connectivity index (χ1v) is 5.10. The smallest absolute Gasteiger partial charge is 0.504 e. The van der Waals surface area contributed by atoms with Crippen LogP contribution in [-0.2, 0) is 0 Å². The van der Waals surface area contributed by atoms with Gasteiger partial charge in [-0.3, -0.25) is 0 Å². The maximum atomic E-state index is 12.0. The molecule has 0 radical (unpaired) electrons. The summed E-state index contributed by atoms with van der Waals surface area (Å²) in [6.45, 7) is 0. The third-order valence-corrected chi connectivity index (χ3v) is 2.29. The van der Waals surface area contributed by atoms with Crippen LogP contribution >= 0.6 is 0 Å². The lowest BCUT2D eigenvalue weighted by Gasteiger charge is -2.11. The zero-order valence-corrected chi connectivity index (χ0v) is 9.11. The normalized spacial score (nSPS) is 11.3. The quantitative estimate of drug-likeness (QED) is 0.879. The van der Waals surface area contributed by atoms with Crippen LogP contribution in [0, 0.1) is 0 Å². The molecule has 94 valence electrons. The van der Waals surface area contributed by atoms with Crippen LogP contribution in [0.4, 0.5) is 13.2 Å². The Bertz CT molecular complexity index is 536. The number of phenols is 1. The van der Waals surface area contributed by atoms with Gasteiger partial charge in [0, 0.05) is 0 Å². The first-order valence-electron chi connectivity index (χ1n) is 5.10. The second-order valence-corrected chi connectivity index (χ2v) is 3.60. The Kier molecular flexibility index (Phi) is 3.14. The second kappa shape index (κ2) is 4.60. The maximum absolute atomic E-state index is 12.0. The molecule has 0 bridgehead atoms. The van der Waals surface area contributed by atoms with Gasteiger partial charge in [-0.05, 0) is 23.3 Å². The van der Waals surface area contributed by atoms with Crippen molar-refractivity contribution in [1.29, 1.82) is 0 Å². The monoisotopic (exact) mass is 254 g/mol. The van der Waals surface area contributed by atoms with E-state index in [9.17, 15) is 18.3 Å². The van der Waals surface area contributed by atoms with E-state index < -0.39 is 17.9 Å². The van der Waals surface area contributed by atoms with Crippen molar-refractivity contribution < 1.29 is 23.0 Å².